The van der Waals surface area contributed by atoms with E-state index in [4.69, 9.17) is 14.0 Å². The van der Waals surface area contributed by atoms with Crippen LogP contribution in [0, 0.1) is 0 Å². The van der Waals surface area contributed by atoms with Crippen LogP contribution in [0.15, 0.2) is 28.8 Å². The fraction of sp³-hybridized carbons (Fsp3) is 0.429. The molecular formula is C14H17N3O3. The van der Waals surface area contributed by atoms with Gasteiger partial charge in [-0.3, -0.25) is 0 Å². The lowest BCUT2D eigenvalue weighted by molar-refractivity contribution is 0.0659. The zero-order valence-corrected chi connectivity index (χ0v) is 11.3. The molecule has 1 aromatic heterocycles. The number of morpholine rings is 1. The molecule has 6 nitrogen and oxygen atoms in total. The normalized spacial score (nSPS) is 18.9. The second kappa shape index (κ2) is 6.02. The topological polar surface area (TPSA) is 69.4 Å². The molecule has 1 aliphatic rings. The zero-order valence-electron chi connectivity index (χ0n) is 11.3. The van der Waals surface area contributed by atoms with E-state index in [0.29, 0.717) is 24.7 Å². The van der Waals surface area contributed by atoms with Crippen molar-refractivity contribution >= 4 is 0 Å². The summed E-state index contributed by atoms with van der Waals surface area (Å²) in [7, 11) is 1.65. The van der Waals surface area contributed by atoms with E-state index in [-0.39, 0.29) is 6.04 Å². The van der Waals surface area contributed by atoms with Gasteiger partial charge < -0.3 is 19.3 Å². The van der Waals surface area contributed by atoms with Gasteiger partial charge in [-0.25, -0.2) is 0 Å². The van der Waals surface area contributed by atoms with Crippen molar-refractivity contribution in [3.05, 3.63) is 41.5 Å². The number of rotatable bonds is 4. The molecule has 6 heteroatoms. The summed E-state index contributed by atoms with van der Waals surface area (Å²) >= 11 is 0. The molecule has 2 aromatic rings. The highest BCUT2D eigenvalue weighted by Crippen LogP contribution is 2.17. The lowest BCUT2D eigenvalue weighted by Gasteiger charge is -2.20. The first-order valence-corrected chi connectivity index (χ1v) is 6.61. The maximum absolute atomic E-state index is 5.39. The fourth-order valence-electron chi connectivity index (χ4n) is 2.17. The SMILES string of the molecule is COc1cccc(Cc2noc(C3COCCN3)n2)c1. The highest BCUT2D eigenvalue weighted by Gasteiger charge is 2.21. The molecule has 1 unspecified atom stereocenters. The third kappa shape index (κ3) is 2.97. The van der Waals surface area contributed by atoms with Gasteiger partial charge in [0.15, 0.2) is 5.82 Å². The van der Waals surface area contributed by atoms with Crippen LogP contribution in [-0.4, -0.2) is 37.0 Å². The predicted octanol–water partition coefficient (Wildman–Crippen LogP) is 1.33. The van der Waals surface area contributed by atoms with Gasteiger partial charge in [-0.15, -0.1) is 0 Å². The maximum Gasteiger partial charge on any atom is 0.246 e. The monoisotopic (exact) mass is 275 g/mol. The number of hydrogen-bond donors (Lipinski definition) is 1. The van der Waals surface area contributed by atoms with Crippen molar-refractivity contribution in [3.8, 4) is 5.75 Å². The summed E-state index contributed by atoms with van der Waals surface area (Å²) < 4.78 is 15.9. The Labute approximate surface area is 117 Å². The third-order valence-corrected chi connectivity index (χ3v) is 3.20. The van der Waals surface area contributed by atoms with Crippen molar-refractivity contribution in [1.29, 1.82) is 0 Å². The Hall–Kier alpha value is -1.92. The highest BCUT2D eigenvalue weighted by atomic mass is 16.5. The molecule has 106 valence electrons. The zero-order chi connectivity index (χ0) is 13.8. The van der Waals surface area contributed by atoms with Gasteiger partial charge in [-0.05, 0) is 17.7 Å². The lowest BCUT2D eigenvalue weighted by Crippen LogP contribution is -2.34. The van der Waals surface area contributed by atoms with Crippen LogP contribution in [0.2, 0.25) is 0 Å². The average molecular weight is 275 g/mol. The summed E-state index contributed by atoms with van der Waals surface area (Å²) in [6.07, 6.45) is 0.619. The number of benzene rings is 1. The van der Waals surface area contributed by atoms with Crippen LogP contribution >= 0.6 is 0 Å². The second-order valence-electron chi connectivity index (χ2n) is 4.66. The van der Waals surface area contributed by atoms with Crippen LogP contribution in [-0.2, 0) is 11.2 Å². The molecule has 0 aliphatic carbocycles. The summed E-state index contributed by atoms with van der Waals surface area (Å²) in [4.78, 5) is 4.42. The van der Waals surface area contributed by atoms with Gasteiger partial charge in [0.05, 0.1) is 20.3 Å². The molecule has 1 atom stereocenters. The molecule has 1 aromatic carbocycles. The Kier molecular flexibility index (Phi) is 3.94. The summed E-state index contributed by atoms with van der Waals surface area (Å²) in [5, 5.41) is 7.31. The first kappa shape index (κ1) is 13.1. The first-order chi connectivity index (χ1) is 9.85. The molecule has 3 rings (SSSR count). The van der Waals surface area contributed by atoms with Gasteiger partial charge in [0.25, 0.3) is 0 Å². The lowest BCUT2D eigenvalue weighted by atomic mass is 10.1. The average Bonchev–Trinajstić information content (AvgIpc) is 2.97. The van der Waals surface area contributed by atoms with Crippen LogP contribution < -0.4 is 10.1 Å². The molecule has 0 saturated carbocycles. The van der Waals surface area contributed by atoms with Crippen molar-refractivity contribution < 1.29 is 14.0 Å². The number of ether oxygens (including phenoxy) is 2. The van der Waals surface area contributed by atoms with Gasteiger partial charge >= 0.3 is 0 Å². The number of hydrogen-bond acceptors (Lipinski definition) is 6. The Morgan fingerprint density at radius 3 is 3.20 bits per heavy atom. The predicted molar refractivity (Wildman–Crippen MR) is 71.7 cm³/mol. The van der Waals surface area contributed by atoms with Crippen LogP contribution in [0.25, 0.3) is 0 Å². The Balaban J connectivity index is 1.70. The van der Waals surface area contributed by atoms with E-state index >= 15 is 0 Å². The van der Waals surface area contributed by atoms with Gasteiger partial charge in [0, 0.05) is 13.0 Å². The maximum atomic E-state index is 5.39. The van der Waals surface area contributed by atoms with Crippen LogP contribution in [0.5, 0.6) is 5.75 Å². The van der Waals surface area contributed by atoms with Gasteiger partial charge in [0.2, 0.25) is 5.89 Å². The molecule has 1 fully saturated rings. The molecule has 20 heavy (non-hydrogen) atoms. The third-order valence-electron chi connectivity index (χ3n) is 3.20. The van der Waals surface area contributed by atoms with Crippen molar-refractivity contribution in [3.63, 3.8) is 0 Å². The molecule has 2 heterocycles. The first-order valence-electron chi connectivity index (χ1n) is 6.61. The van der Waals surface area contributed by atoms with Crippen molar-refractivity contribution in [2.45, 2.75) is 12.5 Å². The molecule has 1 aliphatic heterocycles. The second-order valence-corrected chi connectivity index (χ2v) is 4.66. The summed E-state index contributed by atoms with van der Waals surface area (Å²) in [5.74, 6) is 2.08. The van der Waals surface area contributed by atoms with E-state index in [1.54, 1.807) is 7.11 Å². The summed E-state index contributed by atoms with van der Waals surface area (Å²) in [6.45, 7) is 2.10. The molecule has 0 spiro atoms. The smallest absolute Gasteiger partial charge is 0.246 e. The van der Waals surface area contributed by atoms with E-state index in [1.165, 1.54) is 0 Å². The highest BCUT2D eigenvalue weighted by molar-refractivity contribution is 5.30. The minimum absolute atomic E-state index is 0.00434. The van der Waals surface area contributed by atoms with Gasteiger partial charge in [0.1, 0.15) is 11.8 Å². The van der Waals surface area contributed by atoms with E-state index in [2.05, 4.69) is 15.5 Å². The Morgan fingerprint density at radius 1 is 1.45 bits per heavy atom. The standard InChI is InChI=1S/C14H17N3O3/c1-18-11-4-2-3-10(7-11)8-13-16-14(20-17-13)12-9-19-6-5-15-12/h2-4,7,12,15H,5-6,8-9H2,1H3. The van der Waals surface area contributed by atoms with Crippen LogP contribution in [0.4, 0.5) is 0 Å². The Morgan fingerprint density at radius 2 is 2.40 bits per heavy atom. The van der Waals surface area contributed by atoms with E-state index in [9.17, 15) is 0 Å². The number of nitrogens with zero attached hydrogens (tertiary/aromatic N) is 2. The van der Waals surface area contributed by atoms with Crippen molar-refractivity contribution in [2.24, 2.45) is 0 Å². The quantitative estimate of drug-likeness (QED) is 0.907. The fourth-order valence-corrected chi connectivity index (χ4v) is 2.17. The van der Waals surface area contributed by atoms with Gasteiger partial charge in [-0.1, -0.05) is 17.3 Å². The van der Waals surface area contributed by atoms with E-state index in [1.807, 2.05) is 24.3 Å². The largest absolute Gasteiger partial charge is 0.497 e. The van der Waals surface area contributed by atoms with Crippen molar-refractivity contribution in [1.82, 2.24) is 15.5 Å². The van der Waals surface area contributed by atoms with Crippen molar-refractivity contribution in [2.75, 3.05) is 26.9 Å². The summed E-state index contributed by atoms with van der Waals surface area (Å²) in [5.41, 5.74) is 1.09. The van der Waals surface area contributed by atoms with E-state index in [0.717, 1.165) is 24.5 Å². The molecule has 1 N–H and O–H groups in total. The Bertz CT molecular complexity index is 564. The minimum atomic E-state index is -0.00434. The molecule has 0 bridgehead atoms. The van der Waals surface area contributed by atoms with Crippen LogP contribution in [0.1, 0.15) is 23.3 Å². The number of nitrogens with one attached hydrogen (secondary N) is 1. The minimum Gasteiger partial charge on any atom is -0.497 e. The number of aromatic nitrogens is 2. The summed E-state index contributed by atoms with van der Waals surface area (Å²) in [6, 6.07) is 7.84. The van der Waals surface area contributed by atoms with Crippen LogP contribution in [0.3, 0.4) is 0 Å². The number of methoxy groups -OCH3 is 1. The molecular weight excluding hydrogens is 258 g/mol. The molecule has 1 saturated heterocycles. The molecule has 0 amide bonds. The molecule has 0 radical (unpaired) electrons. The van der Waals surface area contributed by atoms with Gasteiger partial charge in [-0.2, -0.15) is 4.98 Å². The van der Waals surface area contributed by atoms with E-state index < -0.39 is 0 Å².